The number of thioether (sulfide) groups is 1. The summed E-state index contributed by atoms with van der Waals surface area (Å²) in [6.07, 6.45) is 3.04. The lowest BCUT2D eigenvalue weighted by molar-refractivity contribution is -0.120. The van der Waals surface area contributed by atoms with Crippen LogP contribution in [-0.2, 0) is 14.8 Å². The maximum atomic E-state index is 12.5. The van der Waals surface area contributed by atoms with Crippen LogP contribution in [0.5, 0.6) is 0 Å². The van der Waals surface area contributed by atoms with Crippen LogP contribution in [-0.4, -0.2) is 48.0 Å². The molecule has 0 aliphatic carbocycles. The van der Waals surface area contributed by atoms with Crippen LogP contribution in [0.2, 0.25) is 0 Å². The SMILES string of the molecule is CC(C)[C@H](Sc1ccc(S(=O)(=O)N2CCCC2)cn1)C(=O)NC(N)=O. The van der Waals surface area contributed by atoms with E-state index in [1.165, 1.54) is 16.6 Å². The number of amides is 3. The highest BCUT2D eigenvalue weighted by Gasteiger charge is 2.28. The van der Waals surface area contributed by atoms with Crippen LogP contribution in [0.1, 0.15) is 26.7 Å². The molecule has 0 aromatic carbocycles. The molecular weight excluding hydrogens is 364 g/mol. The van der Waals surface area contributed by atoms with E-state index in [0.29, 0.717) is 18.1 Å². The minimum Gasteiger partial charge on any atom is -0.351 e. The average Bonchev–Trinajstić information content (AvgIpc) is 3.07. The summed E-state index contributed by atoms with van der Waals surface area (Å²) < 4.78 is 26.4. The van der Waals surface area contributed by atoms with Gasteiger partial charge in [0.15, 0.2) is 0 Å². The van der Waals surface area contributed by atoms with Crippen LogP contribution >= 0.6 is 11.8 Å². The molecule has 0 bridgehead atoms. The second-order valence-corrected chi connectivity index (χ2v) is 9.18. The lowest BCUT2D eigenvalue weighted by Gasteiger charge is -2.19. The number of carbonyl (C=O) groups excluding carboxylic acids is 2. The van der Waals surface area contributed by atoms with Crippen LogP contribution in [0.25, 0.3) is 0 Å². The standard InChI is InChI=1S/C15H22N4O4S2/c1-10(2)13(14(20)18-15(16)21)24-12-6-5-11(9-17-12)25(22,23)19-7-3-4-8-19/h5-6,9-10,13H,3-4,7-8H2,1-2H3,(H3,16,18,20,21)/t13-/m0/s1. The van der Waals surface area contributed by atoms with Crippen molar-refractivity contribution in [1.29, 1.82) is 0 Å². The largest absolute Gasteiger partial charge is 0.351 e. The van der Waals surface area contributed by atoms with E-state index in [1.807, 2.05) is 13.8 Å². The van der Waals surface area contributed by atoms with Gasteiger partial charge in [0.1, 0.15) is 4.90 Å². The van der Waals surface area contributed by atoms with E-state index in [4.69, 9.17) is 5.73 Å². The third kappa shape index (κ3) is 4.93. The zero-order valence-corrected chi connectivity index (χ0v) is 15.8. The van der Waals surface area contributed by atoms with Crippen LogP contribution in [0, 0.1) is 5.92 Å². The normalized spacial score (nSPS) is 16.8. The molecule has 8 nitrogen and oxygen atoms in total. The number of hydrogen-bond donors (Lipinski definition) is 2. The molecular formula is C15H22N4O4S2. The van der Waals surface area contributed by atoms with Gasteiger partial charge in [-0.05, 0) is 30.9 Å². The van der Waals surface area contributed by atoms with Crippen LogP contribution < -0.4 is 11.1 Å². The lowest BCUT2D eigenvalue weighted by Crippen LogP contribution is -2.42. The van der Waals surface area contributed by atoms with Crippen molar-refractivity contribution in [1.82, 2.24) is 14.6 Å². The zero-order chi connectivity index (χ0) is 18.6. The first-order valence-electron chi connectivity index (χ1n) is 7.95. The summed E-state index contributed by atoms with van der Waals surface area (Å²) in [5.41, 5.74) is 4.99. The molecule has 1 fully saturated rings. The van der Waals surface area contributed by atoms with Gasteiger partial charge in [0.25, 0.3) is 0 Å². The number of nitrogens with zero attached hydrogens (tertiary/aromatic N) is 2. The highest BCUT2D eigenvalue weighted by Crippen LogP contribution is 2.28. The van der Waals surface area contributed by atoms with E-state index in [0.717, 1.165) is 24.6 Å². The zero-order valence-electron chi connectivity index (χ0n) is 14.1. The Morgan fingerprint density at radius 2 is 1.92 bits per heavy atom. The number of imide groups is 1. The molecule has 1 saturated heterocycles. The van der Waals surface area contributed by atoms with Gasteiger partial charge in [0.05, 0.1) is 10.3 Å². The fourth-order valence-electron chi connectivity index (χ4n) is 2.48. The molecule has 1 aliphatic heterocycles. The summed E-state index contributed by atoms with van der Waals surface area (Å²) in [7, 11) is -3.51. The number of primary amides is 1. The summed E-state index contributed by atoms with van der Waals surface area (Å²) in [6, 6.07) is 2.16. The maximum Gasteiger partial charge on any atom is 0.318 e. The topological polar surface area (TPSA) is 122 Å². The fraction of sp³-hybridized carbons (Fsp3) is 0.533. The molecule has 138 valence electrons. The molecule has 1 aromatic heterocycles. The molecule has 0 spiro atoms. The minimum atomic E-state index is -3.51. The lowest BCUT2D eigenvalue weighted by atomic mass is 10.1. The Balaban J connectivity index is 2.13. The molecule has 3 N–H and O–H groups in total. The summed E-state index contributed by atoms with van der Waals surface area (Å²) >= 11 is 1.16. The smallest absolute Gasteiger partial charge is 0.318 e. The van der Waals surface area contributed by atoms with Crippen molar-refractivity contribution in [2.45, 2.75) is 41.9 Å². The van der Waals surface area contributed by atoms with E-state index in [1.54, 1.807) is 6.07 Å². The number of hydrogen-bond acceptors (Lipinski definition) is 6. The number of pyridine rings is 1. The highest BCUT2D eigenvalue weighted by molar-refractivity contribution is 8.00. The van der Waals surface area contributed by atoms with Crippen molar-refractivity contribution in [3.05, 3.63) is 18.3 Å². The Hall–Kier alpha value is -1.65. The molecule has 1 aromatic rings. The number of aromatic nitrogens is 1. The summed E-state index contributed by atoms with van der Waals surface area (Å²) in [4.78, 5) is 27.2. The van der Waals surface area contributed by atoms with Gasteiger partial charge in [-0.1, -0.05) is 25.6 Å². The van der Waals surface area contributed by atoms with Gasteiger partial charge in [0, 0.05) is 19.3 Å². The van der Waals surface area contributed by atoms with Gasteiger partial charge in [0.2, 0.25) is 15.9 Å². The Morgan fingerprint density at radius 3 is 2.40 bits per heavy atom. The summed E-state index contributed by atoms with van der Waals surface area (Å²) in [5, 5.41) is 2.00. The minimum absolute atomic E-state index is 0.0702. The van der Waals surface area contributed by atoms with E-state index in [9.17, 15) is 18.0 Å². The number of rotatable bonds is 6. The van der Waals surface area contributed by atoms with Gasteiger partial charge >= 0.3 is 6.03 Å². The molecule has 1 aliphatic rings. The van der Waals surface area contributed by atoms with Crippen molar-refractivity contribution in [3.63, 3.8) is 0 Å². The van der Waals surface area contributed by atoms with Crippen molar-refractivity contribution in [2.24, 2.45) is 11.7 Å². The molecule has 0 saturated carbocycles. The van der Waals surface area contributed by atoms with Gasteiger partial charge in [-0.2, -0.15) is 4.31 Å². The predicted octanol–water partition coefficient (Wildman–Crippen LogP) is 1.18. The molecule has 0 radical (unpaired) electrons. The van der Waals surface area contributed by atoms with Gasteiger partial charge in [-0.25, -0.2) is 18.2 Å². The maximum absolute atomic E-state index is 12.5. The number of sulfonamides is 1. The van der Waals surface area contributed by atoms with E-state index >= 15 is 0 Å². The highest BCUT2D eigenvalue weighted by atomic mass is 32.2. The molecule has 25 heavy (non-hydrogen) atoms. The first-order chi connectivity index (χ1) is 11.7. The summed E-state index contributed by atoms with van der Waals surface area (Å²) in [6.45, 7) is 4.73. The predicted molar refractivity (Wildman–Crippen MR) is 94.4 cm³/mol. The molecule has 3 amide bonds. The quantitative estimate of drug-likeness (QED) is 0.708. The van der Waals surface area contributed by atoms with Crippen molar-refractivity contribution >= 4 is 33.7 Å². The number of nitrogens with one attached hydrogen (secondary N) is 1. The molecule has 1 atom stereocenters. The van der Waals surface area contributed by atoms with E-state index in [-0.39, 0.29) is 10.8 Å². The number of urea groups is 1. The Bertz CT molecular complexity index is 728. The second kappa shape index (κ2) is 8.15. The third-order valence-corrected chi connectivity index (χ3v) is 7.15. The van der Waals surface area contributed by atoms with Crippen LogP contribution in [0.4, 0.5) is 4.79 Å². The number of nitrogens with two attached hydrogens (primary N) is 1. The first-order valence-corrected chi connectivity index (χ1v) is 10.3. The van der Waals surface area contributed by atoms with E-state index < -0.39 is 27.2 Å². The monoisotopic (exact) mass is 386 g/mol. The molecule has 2 rings (SSSR count). The average molecular weight is 386 g/mol. The van der Waals surface area contributed by atoms with Crippen molar-refractivity contribution in [3.8, 4) is 0 Å². The Morgan fingerprint density at radius 1 is 1.28 bits per heavy atom. The fourth-order valence-corrected chi connectivity index (χ4v) is 4.90. The molecule has 0 unspecified atom stereocenters. The molecule has 10 heteroatoms. The van der Waals surface area contributed by atoms with Gasteiger partial charge in [-0.15, -0.1) is 0 Å². The first kappa shape index (κ1) is 19.7. The number of carbonyl (C=O) groups is 2. The van der Waals surface area contributed by atoms with Gasteiger partial charge in [-0.3, -0.25) is 10.1 Å². The van der Waals surface area contributed by atoms with Gasteiger partial charge < -0.3 is 5.73 Å². The summed E-state index contributed by atoms with van der Waals surface area (Å²) in [5.74, 6) is -0.567. The van der Waals surface area contributed by atoms with E-state index in [2.05, 4.69) is 10.3 Å². The third-order valence-electron chi connectivity index (χ3n) is 3.77. The Kier molecular flexibility index (Phi) is 6.42. The second-order valence-electron chi connectivity index (χ2n) is 6.08. The van der Waals surface area contributed by atoms with Crippen LogP contribution in [0.3, 0.4) is 0 Å². The van der Waals surface area contributed by atoms with Crippen LogP contribution in [0.15, 0.2) is 28.3 Å². The van der Waals surface area contributed by atoms with Crippen molar-refractivity contribution in [2.75, 3.05) is 13.1 Å². The Labute approximate surface area is 151 Å². The van der Waals surface area contributed by atoms with Crippen molar-refractivity contribution < 1.29 is 18.0 Å². The molecule has 2 heterocycles.